The van der Waals surface area contributed by atoms with Crippen molar-refractivity contribution in [2.24, 2.45) is 11.8 Å². The highest BCUT2D eigenvalue weighted by Gasteiger charge is 2.47. The molecular formula is C21H28N4O3S. The van der Waals surface area contributed by atoms with Gasteiger partial charge in [0.25, 0.3) is 5.91 Å². The summed E-state index contributed by atoms with van der Waals surface area (Å²) in [6.07, 6.45) is 4.19. The van der Waals surface area contributed by atoms with Crippen molar-refractivity contribution in [2.75, 3.05) is 5.75 Å². The molecule has 2 heterocycles. The highest BCUT2D eigenvalue weighted by Crippen LogP contribution is 2.45. The first-order valence-corrected chi connectivity index (χ1v) is 11.6. The Labute approximate surface area is 173 Å². The van der Waals surface area contributed by atoms with Crippen molar-refractivity contribution in [1.82, 2.24) is 20.4 Å². The summed E-state index contributed by atoms with van der Waals surface area (Å²) in [6, 6.07) is 3.67. The van der Waals surface area contributed by atoms with Crippen LogP contribution in [-0.2, 0) is 16.3 Å². The fourth-order valence-corrected chi connectivity index (χ4v) is 5.12. The number of pyridine rings is 1. The molecule has 29 heavy (non-hydrogen) atoms. The van der Waals surface area contributed by atoms with E-state index in [9.17, 15) is 9.00 Å². The molecule has 1 N–H and O–H groups in total. The van der Waals surface area contributed by atoms with Gasteiger partial charge in [0.15, 0.2) is 5.82 Å². The zero-order valence-corrected chi connectivity index (χ0v) is 18.2. The molecule has 2 aromatic heterocycles. The van der Waals surface area contributed by atoms with E-state index < -0.39 is 16.3 Å². The van der Waals surface area contributed by atoms with Gasteiger partial charge in [-0.05, 0) is 62.0 Å². The van der Waals surface area contributed by atoms with E-state index in [0.717, 1.165) is 31.2 Å². The zero-order chi connectivity index (χ0) is 20.8. The molecule has 7 nitrogen and oxygen atoms in total. The van der Waals surface area contributed by atoms with Crippen LogP contribution in [0.5, 0.6) is 0 Å². The molecule has 2 saturated carbocycles. The molecule has 0 radical (unpaired) electrons. The quantitative estimate of drug-likeness (QED) is 0.708. The van der Waals surface area contributed by atoms with E-state index in [0.29, 0.717) is 34.3 Å². The lowest BCUT2D eigenvalue weighted by Gasteiger charge is -2.27. The van der Waals surface area contributed by atoms with Crippen molar-refractivity contribution in [3.8, 4) is 0 Å². The Morgan fingerprint density at radius 3 is 2.55 bits per heavy atom. The zero-order valence-electron chi connectivity index (χ0n) is 17.4. The SMILES string of the molecule is Cc1nc(C(C)(NC(=O)c2ccc(C3CC3)c(S(=O)CC(C)C)n2)C2CC2)no1. The molecule has 0 bridgehead atoms. The van der Waals surface area contributed by atoms with Gasteiger partial charge in [-0.15, -0.1) is 0 Å². The largest absolute Gasteiger partial charge is 0.340 e. The standard InChI is InChI=1S/C21H28N4O3S/c1-12(2)11-29(27)19-16(14-5-6-14)9-10-17(23-19)18(26)24-21(4,15-7-8-15)20-22-13(3)28-25-20/h9-10,12,14-15H,5-8,11H2,1-4H3,(H,24,26). The molecule has 4 rings (SSSR count). The third-order valence-corrected chi connectivity index (χ3v) is 7.33. The predicted octanol–water partition coefficient (Wildman–Crippen LogP) is 3.47. The van der Waals surface area contributed by atoms with Crippen LogP contribution in [0.1, 0.15) is 80.1 Å². The highest BCUT2D eigenvalue weighted by atomic mass is 32.2. The second-order valence-corrected chi connectivity index (χ2v) is 10.3. The van der Waals surface area contributed by atoms with Crippen LogP contribution < -0.4 is 5.32 Å². The fourth-order valence-electron chi connectivity index (χ4n) is 3.66. The van der Waals surface area contributed by atoms with Gasteiger partial charge >= 0.3 is 0 Å². The summed E-state index contributed by atoms with van der Waals surface area (Å²) in [7, 11) is -1.22. The van der Waals surface area contributed by atoms with Crippen molar-refractivity contribution in [3.63, 3.8) is 0 Å². The average molecular weight is 417 g/mol. The minimum absolute atomic E-state index is 0.267. The van der Waals surface area contributed by atoms with Crippen LogP contribution in [0.4, 0.5) is 0 Å². The Hall–Kier alpha value is -2.09. The van der Waals surface area contributed by atoms with Gasteiger partial charge in [-0.1, -0.05) is 25.1 Å². The number of hydrogen-bond donors (Lipinski definition) is 1. The lowest BCUT2D eigenvalue weighted by Crippen LogP contribution is -2.46. The van der Waals surface area contributed by atoms with Gasteiger partial charge in [-0.2, -0.15) is 4.98 Å². The number of nitrogens with one attached hydrogen (secondary N) is 1. The van der Waals surface area contributed by atoms with Crippen molar-refractivity contribution in [1.29, 1.82) is 0 Å². The Kier molecular flexibility index (Phi) is 5.31. The first-order chi connectivity index (χ1) is 13.8. The molecule has 2 aliphatic rings. The van der Waals surface area contributed by atoms with E-state index in [1.54, 1.807) is 13.0 Å². The molecule has 2 aromatic rings. The van der Waals surface area contributed by atoms with Crippen LogP contribution in [-0.4, -0.2) is 31.0 Å². The first kappa shape index (κ1) is 20.2. The van der Waals surface area contributed by atoms with Crippen LogP contribution in [0.3, 0.4) is 0 Å². The lowest BCUT2D eigenvalue weighted by molar-refractivity contribution is 0.0879. The molecule has 0 aromatic carbocycles. The second-order valence-electron chi connectivity index (χ2n) is 8.84. The predicted molar refractivity (Wildman–Crippen MR) is 109 cm³/mol. The Morgan fingerprint density at radius 2 is 2.00 bits per heavy atom. The van der Waals surface area contributed by atoms with Gasteiger partial charge in [0.2, 0.25) is 5.89 Å². The Morgan fingerprint density at radius 1 is 1.28 bits per heavy atom. The number of hydrogen-bond acceptors (Lipinski definition) is 6. The molecule has 2 aliphatic carbocycles. The molecule has 156 valence electrons. The normalized spacial score (nSPS) is 19.8. The Balaban J connectivity index is 1.62. The molecule has 2 unspecified atom stereocenters. The van der Waals surface area contributed by atoms with Gasteiger partial charge in [-0.25, -0.2) is 4.98 Å². The number of carbonyl (C=O) groups excluding carboxylic acids is 1. The molecule has 0 aliphatic heterocycles. The van der Waals surface area contributed by atoms with Crippen molar-refractivity contribution in [2.45, 2.75) is 69.9 Å². The molecule has 2 atom stereocenters. The molecular weight excluding hydrogens is 388 g/mol. The number of nitrogens with zero attached hydrogens (tertiary/aromatic N) is 3. The van der Waals surface area contributed by atoms with Crippen LogP contribution in [0.15, 0.2) is 21.7 Å². The van der Waals surface area contributed by atoms with Crippen LogP contribution >= 0.6 is 0 Å². The summed E-state index contributed by atoms with van der Waals surface area (Å²) in [5.74, 6) is 2.19. The van der Waals surface area contributed by atoms with Gasteiger partial charge in [0.1, 0.15) is 16.3 Å². The summed E-state index contributed by atoms with van der Waals surface area (Å²) < 4.78 is 18.0. The van der Waals surface area contributed by atoms with Gasteiger partial charge < -0.3 is 9.84 Å². The summed E-state index contributed by atoms with van der Waals surface area (Å²) in [6.45, 7) is 7.75. The van der Waals surface area contributed by atoms with Gasteiger partial charge in [-0.3, -0.25) is 9.00 Å². The number of aryl methyl sites for hydroxylation is 1. The summed E-state index contributed by atoms with van der Waals surface area (Å²) in [5, 5.41) is 7.70. The van der Waals surface area contributed by atoms with E-state index in [1.165, 1.54) is 0 Å². The molecule has 8 heteroatoms. The maximum absolute atomic E-state index is 13.1. The minimum atomic E-state index is -1.22. The van der Waals surface area contributed by atoms with Crippen molar-refractivity contribution < 1.29 is 13.5 Å². The van der Waals surface area contributed by atoms with E-state index >= 15 is 0 Å². The maximum Gasteiger partial charge on any atom is 0.270 e. The van der Waals surface area contributed by atoms with Gasteiger partial charge in [0.05, 0.1) is 10.8 Å². The fraction of sp³-hybridized carbons (Fsp3) is 0.619. The third kappa shape index (κ3) is 4.27. The maximum atomic E-state index is 13.1. The van der Waals surface area contributed by atoms with Gasteiger partial charge in [0, 0.05) is 12.7 Å². The van der Waals surface area contributed by atoms with E-state index in [2.05, 4.69) is 20.4 Å². The summed E-state index contributed by atoms with van der Waals surface area (Å²) >= 11 is 0. The van der Waals surface area contributed by atoms with Crippen molar-refractivity contribution >= 4 is 16.7 Å². The van der Waals surface area contributed by atoms with Crippen LogP contribution in [0.25, 0.3) is 0 Å². The van der Waals surface area contributed by atoms with Crippen LogP contribution in [0.2, 0.25) is 0 Å². The number of amides is 1. The molecule has 2 fully saturated rings. The van der Waals surface area contributed by atoms with Crippen molar-refractivity contribution in [3.05, 3.63) is 35.1 Å². The van der Waals surface area contributed by atoms with E-state index in [4.69, 9.17) is 4.52 Å². The Bertz CT molecular complexity index is 949. The third-order valence-electron chi connectivity index (χ3n) is 5.60. The topological polar surface area (TPSA) is 98.0 Å². The first-order valence-electron chi connectivity index (χ1n) is 10.3. The molecule has 1 amide bonds. The monoisotopic (exact) mass is 416 g/mol. The second kappa shape index (κ2) is 7.63. The lowest BCUT2D eigenvalue weighted by atomic mass is 9.94. The number of aromatic nitrogens is 3. The average Bonchev–Trinajstić information content (AvgIpc) is 3.58. The number of rotatable bonds is 8. The van der Waals surface area contributed by atoms with Crippen LogP contribution in [0, 0.1) is 18.8 Å². The smallest absolute Gasteiger partial charge is 0.270 e. The minimum Gasteiger partial charge on any atom is -0.340 e. The summed E-state index contributed by atoms with van der Waals surface area (Å²) in [4.78, 5) is 22.0. The summed E-state index contributed by atoms with van der Waals surface area (Å²) in [5.41, 5.74) is 0.607. The van der Waals surface area contributed by atoms with E-state index in [-0.39, 0.29) is 17.5 Å². The highest BCUT2D eigenvalue weighted by molar-refractivity contribution is 7.85. The van der Waals surface area contributed by atoms with E-state index in [1.807, 2.05) is 26.8 Å². The number of carbonyl (C=O) groups is 1. The molecule has 0 saturated heterocycles. The molecule has 0 spiro atoms.